The van der Waals surface area contributed by atoms with E-state index in [1.807, 2.05) is 13.8 Å². The standard InChI is InChI=1S/C17H29NO/c1-13-11-15(16(2,3)4)8-7-14(13)9-10-18-12-17(5,6)19/h7-8,11,18-19H,9-10,12H2,1-6H3. The van der Waals surface area contributed by atoms with E-state index in [0.717, 1.165) is 13.0 Å². The molecule has 2 N–H and O–H groups in total. The largest absolute Gasteiger partial charge is 0.389 e. The van der Waals surface area contributed by atoms with Crippen LogP contribution in [0.2, 0.25) is 0 Å². The molecule has 0 fully saturated rings. The van der Waals surface area contributed by atoms with Crippen molar-refractivity contribution in [1.29, 1.82) is 0 Å². The van der Waals surface area contributed by atoms with Gasteiger partial charge in [-0.05, 0) is 55.8 Å². The Kier molecular flexibility index (Phi) is 5.17. The number of hydrogen-bond donors (Lipinski definition) is 2. The molecule has 0 atom stereocenters. The number of rotatable bonds is 5. The number of aryl methyl sites for hydroxylation is 1. The Morgan fingerprint density at radius 1 is 1.11 bits per heavy atom. The van der Waals surface area contributed by atoms with E-state index >= 15 is 0 Å². The van der Waals surface area contributed by atoms with Crippen molar-refractivity contribution in [3.63, 3.8) is 0 Å². The molecule has 0 aliphatic heterocycles. The van der Waals surface area contributed by atoms with Crippen LogP contribution in [-0.2, 0) is 11.8 Å². The molecule has 2 heteroatoms. The van der Waals surface area contributed by atoms with E-state index in [-0.39, 0.29) is 5.41 Å². The van der Waals surface area contributed by atoms with E-state index in [9.17, 15) is 5.11 Å². The third-order valence-electron chi connectivity index (χ3n) is 3.34. The predicted molar refractivity (Wildman–Crippen MR) is 82.8 cm³/mol. The quantitative estimate of drug-likeness (QED) is 0.800. The highest BCUT2D eigenvalue weighted by Crippen LogP contribution is 2.24. The summed E-state index contributed by atoms with van der Waals surface area (Å²) in [6, 6.07) is 6.77. The Morgan fingerprint density at radius 2 is 1.74 bits per heavy atom. The first-order chi connectivity index (χ1) is 8.59. The summed E-state index contributed by atoms with van der Waals surface area (Å²) >= 11 is 0. The zero-order valence-electron chi connectivity index (χ0n) is 13.3. The Morgan fingerprint density at radius 3 is 2.21 bits per heavy atom. The molecule has 108 valence electrons. The summed E-state index contributed by atoms with van der Waals surface area (Å²) in [7, 11) is 0. The van der Waals surface area contributed by atoms with Crippen LogP contribution in [0.4, 0.5) is 0 Å². The second-order valence-electron chi connectivity index (χ2n) is 7.13. The monoisotopic (exact) mass is 263 g/mol. The fourth-order valence-electron chi connectivity index (χ4n) is 2.06. The molecule has 0 aliphatic carbocycles. The van der Waals surface area contributed by atoms with E-state index in [0.29, 0.717) is 6.54 Å². The van der Waals surface area contributed by atoms with Gasteiger partial charge in [0.2, 0.25) is 0 Å². The average molecular weight is 263 g/mol. The van der Waals surface area contributed by atoms with E-state index in [2.05, 4.69) is 51.2 Å². The lowest BCUT2D eigenvalue weighted by Gasteiger charge is -2.21. The van der Waals surface area contributed by atoms with Crippen LogP contribution in [0.1, 0.15) is 51.3 Å². The lowest BCUT2D eigenvalue weighted by atomic mass is 9.85. The van der Waals surface area contributed by atoms with Crippen LogP contribution in [-0.4, -0.2) is 23.8 Å². The predicted octanol–water partition coefficient (Wildman–Crippen LogP) is 3.20. The highest BCUT2D eigenvalue weighted by molar-refractivity contribution is 5.34. The van der Waals surface area contributed by atoms with Gasteiger partial charge in [0.15, 0.2) is 0 Å². The highest BCUT2D eigenvalue weighted by atomic mass is 16.3. The van der Waals surface area contributed by atoms with Crippen LogP contribution in [0.25, 0.3) is 0 Å². The molecule has 0 amide bonds. The van der Waals surface area contributed by atoms with Gasteiger partial charge in [-0.25, -0.2) is 0 Å². The molecular weight excluding hydrogens is 234 g/mol. The van der Waals surface area contributed by atoms with Crippen LogP contribution < -0.4 is 5.32 Å². The molecule has 1 aromatic carbocycles. The summed E-state index contributed by atoms with van der Waals surface area (Å²) in [5.41, 5.74) is 3.71. The SMILES string of the molecule is Cc1cc(C(C)(C)C)ccc1CCNCC(C)(C)O. The van der Waals surface area contributed by atoms with Gasteiger partial charge in [-0.1, -0.05) is 39.0 Å². The number of hydrogen-bond acceptors (Lipinski definition) is 2. The van der Waals surface area contributed by atoms with Crippen LogP contribution in [0.5, 0.6) is 0 Å². The van der Waals surface area contributed by atoms with E-state index in [4.69, 9.17) is 0 Å². The maximum atomic E-state index is 9.63. The van der Waals surface area contributed by atoms with Gasteiger partial charge in [0.25, 0.3) is 0 Å². The molecule has 0 aromatic heterocycles. The number of aliphatic hydroxyl groups is 1. The normalized spacial score (nSPS) is 12.8. The fraction of sp³-hybridized carbons (Fsp3) is 0.647. The first kappa shape index (κ1) is 16.2. The van der Waals surface area contributed by atoms with E-state index in [1.165, 1.54) is 16.7 Å². The molecule has 0 saturated heterocycles. The summed E-state index contributed by atoms with van der Waals surface area (Å²) in [5, 5.41) is 12.9. The minimum absolute atomic E-state index is 0.211. The van der Waals surface area contributed by atoms with Crippen LogP contribution >= 0.6 is 0 Å². The van der Waals surface area contributed by atoms with Crippen molar-refractivity contribution in [2.24, 2.45) is 0 Å². The summed E-state index contributed by atoms with van der Waals surface area (Å²) in [6.45, 7) is 14.1. The third kappa shape index (κ3) is 5.75. The van der Waals surface area contributed by atoms with Gasteiger partial charge in [0.05, 0.1) is 5.60 Å². The second-order valence-corrected chi connectivity index (χ2v) is 7.13. The lowest BCUT2D eigenvalue weighted by molar-refractivity contribution is 0.0801. The maximum Gasteiger partial charge on any atom is 0.0715 e. The Labute approximate surface area is 118 Å². The minimum Gasteiger partial charge on any atom is -0.389 e. The van der Waals surface area contributed by atoms with Crippen LogP contribution in [0.3, 0.4) is 0 Å². The molecule has 0 radical (unpaired) electrons. The van der Waals surface area contributed by atoms with E-state index in [1.54, 1.807) is 0 Å². The van der Waals surface area contributed by atoms with Crippen molar-refractivity contribution >= 4 is 0 Å². The molecular formula is C17H29NO. The summed E-state index contributed by atoms with van der Waals surface area (Å²) in [5.74, 6) is 0. The molecule has 19 heavy (non-hydrogen) atoms. The first-order valence-corrected chi connectivity index (χ1v) is 7.13. The van der Waals surface area contributed by atoms with Gasteiger partial charge in [-0.2, -0.15) is 0 Å². The average Bonchev–Trinajstić information content (AvgIpc) is 2.23. The van der Waals surface area contributed by atoms with Crippen molar-refractivity contribution in [1.82, 2.24) is 5.32 Å². The van der Waals surface area contributed by atoms with Gasteiger partial charge in [0, 0.05) is 6.54 Å². The van der Waals surface area contributed by atoms with Crippen molar-refractivity contribution in [2.45, 2.75) is 59.0 Å². The van der Waals surface area contributed by atoms with Crippen molar-refractivity contribution in [3.05, 3.63) is 34.9 Å². The number of benzene rings is 1. The van der Waals surface area contributed by atoms with Gasteiger partial charge in [-0.3, -0.25) is 0 Å². The van der Waals surface area contributed by atoms with Gasteiger partial charge < -0.3 is 10.4 Å². The van der Waals surface area contributed by atoms with Crippen LogP contribution in [0, 0.1) is 6.92 Å². The van der Waals surface area contributed by atoms with Gasteiger partial charge in [0.1, 0.15) is 0 Å². The molecule has 0 saturated carbocycles. The summed E-state index contributed by atoms with van der Waals surface area (Å²) in [4.78, 5) is 0. The molecule has 1 aromatic rings. The molecule has 0 bridgehead atoms. The molecule has 0 spiro atoms. The van der Waals surface area contributed by atoms with Crippen molar-refractivity contribution < 1.29 is 5.11 Å². The zero-order chi connectivity index (χ0) is 14.7. The zero-order valence-corrected chi connectivity index (χ0v) is 13.3. The number of nitrogens with one attached hydrogen (secondary N) is 1. The van der Waals surface area contributed by atoms with Gasteiger partial charge >= 0.3 is 0 Å². The van der Waals surface area contributed by atoms with E-state index < -0.39 is 5.60 Å². The fourth-order valence-corrected chi connectivity index (χ4v) is 2.06. The first-order valence-electron chi connectivity index (χ1n) is 7.13. The van der Waals surface area contributed by atoms with Gasteiger partial charge in [-0.15, -0.1) is 0 Å². The molecule has 0 aliphatic rings. The van der Waals surface area contributed by atoms with Crippen LogP contribution in [0.15, 0.2) is 18.2 Å². The molecule has 2 nitrogen and oxygen atoms in total. The Balaban J connectivity index is 2.57. The minimum atomic E-state index is -0.634. The smallest absolute Gasteiger partial charge is 0.0715 e. The molecule has 0 heterocycles. The summed E-state index contributed by atoms with van der Waals surface area (Å²) in [6.07, 6.45) is 1.01. The topological polar surface area (TPSA) is 32.3 Å². The lowest BCUT2D eigenvalue weighted by Crippen LogP contribution is -2.35. The second kappa shape index (κ2) is 6.06. The summed E-state index contributed by atoms with van der Waals surface area (Å²) < 4.78 is 0. The molecule has 0 unspecified atom stereocenters. The van der Waals surface area contributed by atoms with Crippen molar-refractivity contribution in [2.75, 3.05) is 13.1 Å². The Bertz CT molecular complexity index is 410. The Hall–Kier alpha value is -0.860. The third-order valence-corrected chi connectivity index (χ3v) is 3.34. The maximum absolute atomic E-state index is 9.63. The van der Waals surface area contributed by atoms with Crippen molar-refractivity contribution in [3.8, 4) is 0 Å². The molecule has 1 rings (SSSR count). The highest BCUT2D eigenvalue weighted by Gasteiger charge is 2.14.